The van der Waals surface area contributed by atoms with Crippen molar-refractivity contribution in [1.29, 1.82) is 0 Å². The van der Waals surface area contributed by atoms with Gasteiger partial charge in [-0.25, -0.2) is 4.79 Å². The quantitative estimate of drug-likeness (QED) is 0.693. The molecule has 0 aromatic heterocycles. The van der Waals surface area contributed by atoms with E-state index in [2.05, 4.69) is 56.2 Å². The van der Waals surface area contributed by atoms with E-state index in [4.69, 9.17) is 14.0 Å². The molecule has 1 amide bonds. The molecular weight excluding hydrogens is 405 g/mol. The lowest BCUT2D eigenvalue weighted by Gasteiger charge is -2.32. The second-order valence-electron chi connectivity index (χ2n) is 11.0. The highest BCUT2D eigenvalue weighted by atomic mass is 16.7. The van der Waals surface area contributed by atoms with E-state index in [0.717, 1.165) is 60.6 Å². The molecule has 2 aliphatic rings. The zero-order valence-corrected chi connectivity index (χ0v) is 21.3. The highest BCUT2D eigenvalue weighted by Crippen LogP contribution is 2.37. The second kappa shape index (κ2) is 8.97. The minimum atomic E-state index is -0.571. The van der Waals surface area contributed by atoms with Crippen LogP contribution in [0.5, 0.6) is 0 Å². The molecule has 7 nitrogen and oxygen atoms in total. The molecule has 1 aromatic rings. The van der Waals surface area contributed by atoms with Crippen LogP contribution in [0.2, 0.25) is 0 Å². The molecule has 1 aromatic carbocycles. The van der Waals surface area contributed by atoms with Crippen LogP contribution >= 0.6 is 0 Å². The lowest BCUT2D eigenvalue weighted by molar-refractivity contribution is 0.00578. The topological polar surface area (TPSA) is 72.1 Å². The molecule has 0 spiro atoms. The zero-order chi connectivity index (χ0) is 23.9. The summed E-state index contributed by atoms with van der Waals surface area (Å²) in [4.78, 5) is 15.1. The predicted molar refractivity (Wildman–Crippen MR) is 130 cm³/mol. The molecule has 2 heterocycles. The molecule has 8 heteroatoms. The Hall–Kier alpha value is -1.61. The largest absolute Gasteiger partial charge is 0.495 e. The number of piperazine rings is 1. The van der Waals surface area contributed by atoms with E-state index < -0.39 is 30.0 Å². The molecule has 2 fully saturated rings. The molecule has 0 unspecified atom stereocenters. The first-order valence-corrected chi connectivity index (χ1v) is 11.6. The van der Waals surface area contributed by atoms with Gasteiger partial charge in [0.1, 0.15) is 5.60 Å². The van der Waals surface area contributed by atoms with Crippen LogP contribution in [-0.4, -0.2) is 61.1 Å². The van der Waals surface area contributed by atoms with Gasteiger partial charge < -0.3 is 19.4 Å². The van der Waals surface area contributed by atoms with Crippen LogP contribution in [0.25, 0.3) is 0 Å². The average Bonchev–Trinajstić information content (AvgIpc) is 2.87. The molecule has 0 aliphatic carbocycles. The molecule has 178 valence electrons. The first-order chi connectivity index (χ1) is 14.7. The van der Waals surface area contributed by atoms with Gasteiger partial charge in [-0.3, -0.25) is 10.2 Å². The number of nitrogens with zero attached hydrogens (tertiary/aromatic N) is 1. The first-order valence-electron chi connectivity index (χ1n) is 11.6. The van der Waals surface area contributed by atoms with Crippen molar-refractivity contribution >= 4 is 24.4 Å². The number of amides is 1. The second-order valence-corrected chi connectivity index (χ2v) is 11.0. The Balaban J connectivity index is 2.00. The third-order valence-electron chi connectivity index (χ3n) is 6.73. The summed E-state index contributed by atoms with van der Waals surface area (Å²) in [5.74, 6) is 0. The Bertz CT molecular complexity index is 842. The summed E-state index contributed by atoms with van der Waals surface area (Å²) < 4.78 is 18.3. The number of nitrogens with one attached hydrogen (secondary N) is 2. The summed E-state index contributed by atoms with van der Waals surface area (Å²) in [6, 6.07) is 2.19. The molecule has 0 radical (unpaired) electrons. The Morgan fingerprint density at radius 3 is 2.22 bits per heavy atom. The number of hydrogen-bond donors (Lipinski definition) is 2. The fourth-order valence-corrected chi connectivity index (χ4v) is 4.07. The van der Waals surface area contributed by atoms with Crippen molar-refractivity contribution in [2.24, 2.45) is 0 Å². The standard InChI is InChI=1S/C24H40BN3O4/c1-16-18(15-28-12-10-26-11-13-28)14-19(25-31-23(6,7)24(8,9)32-25)17(2)20(16)27-21(29)30-22(3,4)5/h14,26H,10-13,15H2,1-9H3,(H,27,29). The van der Waals surface area contributed by atoms with Crippen molar-refractivity contribution in [3.63, 3.8) is 0 Å². The van der Waals surface area contributed by atoms with Crippen molar-refractivity contribution in [3.8, 4) is 0 Å². The Kier molecular flexibility index (Phi) is 7.02. The van der Waals surface area contributed by atoms with E-state index in [1.807, 2.05) is 27.7 Å². The fraction of sp³-hybridized carbons (Fsp3) is 0.708. The van der Waals surface area contributed by atoms with Gasteiger partial charge in [0, 0.05) is 38.4 Å². The van der Waals surface area contributed by atoms with Crippen molar-refractivity contribution in [1.82, 2.24) is 10.2 Å². The number of ether oxygens (including phenoxy) is 1. The van der Waals surface area contributed by atoms with Gasteiger partial charge in [-0.1, -0.05) is 6.07 Å². The molecule has 2 N–H and O–H groups in total. The number of rotatable bonds is 4. The summed E-state index contributed by atoms with van der Waals surface area (Å²) in [6.07, 6.45) is -0.456. The predicted octanol–water partition coefficient (Wildman–Crippen LogP) is 3.35. The molecule has 2 aliphatic heterocycles. The maximum atomic E-state index is 12.7. The normalized spacial score (nSPS) is 21.0. The van der Waals surface area contributed by atoms with Gasteiger partial charge in [0.05, 0.1) is 11.2 Å². The Morgan fingerprint density at radius 1 is 1.12 bits per heavy atom. The van der Waals surface area contributed by atoms with Crippen LogP contribution in [0.4, 0.5) is 10.5 Å². The minimum Gasteiger partial charge on any atom is -0.444 e. The van der Waals surface area contributed by atoms with E-state index in [1.165, 1.54) is 0 Å². The van der Waals surface area contributed by atoms with Gasteiger partial charge in [0.2, 0.25) is 0 Å². The number of anilines is 1. The highest BCUT2D eigenvalue weighted by Gasteiger charge is 2.52. The summed E-state index contributed by atoms with van der Waals surface area (Å²) in [7, 11) is -0.499. The summed E-state index contributed by atoms with van der Waals surface area (Å²) in [5.41, 5.74) is 3.43. The fourth-order valence-electron chi connectivity index (χ4n) is 4.07. The molecule has 32 heavy (non-hydrogen) atoms. The lowest BCUT2D eigenvalue weighted by Crippen LogP contribution is -2.43. The van der Waals surface area contributed by atoms with E-state index in [0.29, 0.717) is 0 Å². The summed E-state index contributed by atoms with van der Waals surface area (Å²) in [6.45, 7) is 22.6. The van der Waals surface area contributed by atoms with Crippen LogP contribution < -0.4 is 16.1 Å². The SMILES string of the molecule is Cc1c(CN2CCNCC2)cc(B2OC(C)(C)C(C)(C)O2)c(C)c1NC(=O)OC(C)(C)C. The van der Waals surface area contributed by atoms with Crippen molar-refractivity contribution in [2.75, 3.05) is 31.5 Å². The summed E-state index contributed by atoms with van der Waals surface area (Å²) >= 11 is 0. The van der Waals surface area contributed by atoms with Gasteiger partial charge in [-0.05, 0) is 84.5 Å². The molecule has 2 saturated heterocycles. The van der Waals surface area contributed by atoms with Gasteiger partial charge in [-0.15, -0.1) is 0 Å². The lowest BCUT2D eigenvalue weighted by atomic mass is 9.74. The highest BCUT2D eigenvalue weighted by molar-refractivity contribution is 6.63. The molecule has 0 atom stereocenters. The van der Waals surface area contributed by atoms with Gasteiger partial charge in [0.15, 0.2) is 0 Å². The number of carbonyl (C=O) groups is 1. The maximum Gasteiger partial charge on any atom is 0.495 e. The Labute approximate surface area is 193 Å². The maximum absolute atomic E-state index is 12.7. The van der Waals surface area contributed by atoms with Crippen molar-refractivity contribution in [3.05, 3.63) is 22.8 Å². The van der Waals surface area contributed by atoms with E-state index >= 15 is 0 Å². The van der Waals surface area contributed by atoms with Gasteiger partial charge in [-0.2, -0.15) is 0 Å². The third-order valence-corrected chi connectivity index (χ3v) is 6.73. The van der Waals surface area contributed by atoms with Crippen LogP contribution in [-0.2, 0) is 20.6 Å². The van der Waals surface area contributed by atoms with Crippen molar-refractivity contribution in [2.45, 2.75) is 85.7 Å². The van der Waals surface area contributed by atoms with E-state index in [-0.39, 0.29) is 0 Å². The molecule has 0 saturated carbocycles. The van der Waals surface area contributed by atoms with E-state index in [9.17, 15) is 4.79 Å². The average molecular weight is 445 g/mol. The van der Waals surface area contributed by atoms with Gasteiger partial charge >= 0.3 is 13.2 Å². The van der Waals surface area contributed by atoms with Gasteiger partial charge in [0.25, 0.3) is 0 Å². The van der Waals surface area contributed by atoms with Crippen LogP contribution in [0.3, 0.4) is 0 Å². The number of carbonyl (C=O) groups excluding carboxylic acids is 1. The smallest absolute Gasteiger partial charge is 0.444 e. The van der Waals surface area contributed by atoms with Crippen LogP contribution in [0, 0.1) is 13.8 Å². The monoisotopic (exact) mass is 445 g/mol. The van der Waals surface area contributed by atoms with Crippen molar-refractivity contribution < 1.29 is 18.8 Å². The van der Waals surface area contributed by atoms with E-state index in [1.54, 1.807) is 0 Å². The third kappa shape index (κ3) is 5.47. The molecular formula is C24H40BN3O4. The zero-order valence-electron chi connectivity index (χ0n) is 21.3. The van der Waals surface area contributed by atoms with Crippen LogP contribution in [0.15, 0.2) is 6.07 Å². The van der Waals surface area contributed by atoms with Crippen LogP contribution in [0.1, 0.15) is 65.2 Å². The molecule has 0 bridgehead atoms. The number of benzene rings is 1. The Morgan fingerprint density at radius 2 is 1.69 bits per heavy atom. The number of hydrogen-bond acceptors (Lipinski definition) is 6. The first kappa shape index (κ1) is 25.0. The minimum absolute atomic E-state index is 0.438. The molecule has 3 rings (SSSR count). The summed E-state index contributed by atoms with van der Waals surface area (Å²) in [5, 5.41) is 6.42.